The Kier molecular flexibility index (Phi) is 5.11. The van der Waals surface area contributed by atoms with Gasteiger partial charge in [0.1, 0.15) is 0 Å². The summed E-state index contributed by atoms with van der Waals surface area (Å²) in [7, 11) is -3.38. The van der Waals surface area contributed by atoms with E-state index in [0.29, 0.717) is 11.4 Å². The Morgan fingerprint density at radius 1 is 1.24 bits per heavy atom. The van der Waals surface area contributed by atoms with Gasteiger partial charge < -0.3 is 5.32 Å². The van der Waals surface area contributed by atoms with Crippen molar-refractivity contribution in [2.24, 2.45) is 0 Å². The molecular weight excluding hydrogens is 236 g/mol. The van der Waals surface area contributed by atoms with Crippen molar-refractivity contribution < 1.29 is 8.42 Å². The van der Waals surface area contributed by atoms with Crippen LogP contribution in [0.1, 0.15) is 19.4 Å². The summed E-state index contributed by atoms with van der Waals surface area (Å²) >= 11 is 0. The van der Waals surface area contributed by atoms with E-state index in [2.05, 4.69) is 10.0 Å². The average molecular weight is 256 g/mol. The molecule has 1 rings (SSSR count). The molecule has 5 heteroatoms. The van der Waals surface area contributed by atoms with Crippen LogP contribution in [0.25, 0.3) is 0 Å². The molecule has 1 aromatic rings. The maximum atomic E-state index is 11.9. The van der Waals surface area contributed by atoms with Gasteiger partial charge in [0.2, 0.25) is 10.0 Å². The fraction of sp³-hybridized carbons (Fsp3) is 0.500. The molecule has 0 aliphatic heterocycles. The second-order valence-corrected chi connectivity index (χ2v) is 5.89. The molecule has 1 atom stereocenters. The van der Waals surface area contributed by atoms with E-state index in [9.17, 15) is 8.42 Å². The van der Waals surface area contributed by atoms with E-state index < -0.39 is 10.0 Å². The monoisotopic (exact) mass is 256 g/mol. The van der Waals surface area contributed by atoms with Crippen LogP contribution in [0.5, 0.6) is 0 Å². The minimum absolute atomic E-state index is 0.125. The van der Waals surface area contributed by atoms with Crippen LogP contribution in [-0.2, 0) is 10.0 Å². The van der Waals surface area contributed by atoms with Crippen LogP contribution in [0.3, 0.4) is 0 Å². The summed E-state index contributed by atoms with van der Waals surface area (Å²) in [6.07, 6.45) is 0. The zero-order chi connectivity index (χ0) is 12.9. The molecule has 0 heterocycles. The first-order chi connectivity index (χ1) is 7.95. The highest BCUT2D eigenvalue weighted by Crippen LogP contribution is 2.09. The number of hydrogen-bond acceptors (Lipinski definition) is 3. The van der Waals surface area contributed by atoms with Gasteiger partial charge in [0.25, 0.3) is 0 Å². The molecule has 0 saturated heterocycles. The topological polar surface area (TPSA) is 58.2 Å². The van der Waals surface area contributed by atoms with E-state index in [0.717, 1.165) is 12.1 Å². The number of sulfonamides is 1. The lowest BCUT2D eigenvalue weighted by Crippen LogP contribution is -2.38. The fourth-order valence-corrected chi connectivity index (χ4v) is 2.59. The molecule has 0 amide bonds. The lowest BCUT2D eigenvalue weighted by molar-refractivity contribution is 0.536. The van der Waals surface area contributed by atoms with Crippen molar-refractivity contribution in [2.75, 3.05) is 13.1 Å². The number of aryl methyl sites for hydroxylation is 1. The number of rotatable bonds is 6. The van der Waals surface area contributed by atoms with Gasteiger partial charge in [0.15, 0.2) is 0 Å². The van der Waals surface area contributed by atoms with Crippen molar-refractivity contribution in [3.8, 4) is 0 Å². The predicted molar refractivity (Wildman–Crippen MR) is 69.5 cm³/mol. The molecule has 0 fully saturated rings. The first kappa shape index (κ1) is 14.2. The Labute approximate surface area is 103 Å². The van der Waals surface area contributed by atoms with Gasteiger partial charge in [-0.15, -0.1) is 0 Å². The van der Waals surface area contributed by atoms with Gasteiger partial charge in [-0.3, -0.25) is 0 Å². The van der Waals surface area contributed by atoms with Crippen LogP contribution in [0.2, 0.25) is 0 Å². The summed E-state index contributed by atoms with van der Waals surface area (Å²) in [5.74, 6) is 0. The maximum Gasteiger partial charge on any atom is 0.240 e. The molecule has 0 aliphatic carbocycles. The SMILES string of the molecule is CCN[C@H](C)CNS(=O)(=O)c1ccc(C)cc1. The van der Waals surface area contributed by atoms with Gasteiger partial charge in [-0.2, -0.15) is 0 Å². The minimum atomic E-state index is -3.38. The Morgan fingerprint density at radius 2 is 1.82 bits per heavy atom. The second kappa shape index (κ2) is 6.14. The van der Waals surface area contributed by atoms with Crippen molar-refractivity contribution in [1.29, 1.82) is 0 Å². The molecule has 96 valence electrons. The van der Waals surface area contributed by atoms with Crippen LogP contribution < -0.4 is 10.0 Å². The first-order valence-electron chi connectivity index (χ1n) is 5.75. The molecule has 17 heavy (non-hydrogen) atoms. The molecule has 0 saturated carbocycles. The third kappa shape index (κ3) is 4.46. The minimum Gasteiger partial charge on any atom is -0.313 e. The van der Waals surface area contributed by atoms with E-state index in [1.807, 2.05) is 20.8 Å². The third-order valence-electron chi connectivity index (χ3n) is 2.46. The predicted octanol–water partition coefficient (Wildman–Crippen LogP) is 1.27. The van der Waals surface area contributed by atoms with E-state index in [1.54, 1.807) is 24.3 Å². The Hall–Kier alpha value is -0.910. The van der Waals surface area contributed by atoms with Crippen LogP contribution in [-0.4, -0.2) is 27.5 Å². The number of nitrogens with one attached hydrogen (secondary N) is 2. The standard InChI is InChI=1S/C12H20N2O2S/c1-4-13-11(3)9-14-17(15,16)12-7-5-10(2)6-8-12/h5-8,11,13-14H,4,9H2,1-3H3/t11-/m1/s1. The van der Waals surface area contributed by atoms with E-state index >= 15 is 0 Å². The summed E-state index contributed by atoms with van der Waals surface area (Å²) in [6.45, 7) is 7.08. The largest absolute Gasteiger partial charge is 0.313 e. The smallest absolute Gasteiger partial charge is 0.240 e. The van der Waals surface area contributed by atoms with Crippen LogP contribution in [0, 0.1) is 6.92 Å². The van der Waals surface area contributed by atoms with Gasteiger partial charge in [-0.1, -0.05) is 24.6 Å². The quantitative estimate of drug-likeness (QED) is 0.806. The lowest BCUT2D eigenvalue weighted by atomic mass is 10.2. The van der Waals surface area contributed by atoms with Crippen molar-refractivity contribution in [3.63, 3.8) is 0 Å². The molecule has 4 nitrogen and oxygen atoms in total. The first-order valence-corrected chi connectivity index (χ1v) is 7.23. The zero-order valence-corrected chi connectivity index (χ0v) is 11.3. The summed E-state index contributed by atoms with van der Waals surface area (Å²) in [6, 6.07) is 6.95. The zero-order valence-electron chi connectivity index (χ0n) is 10.5. The molecule has 0 radical (unpaired) electrons. The van der Waals surface area contributed by atoms with Gasteiger partial charge in [0.05, 0.1) is 4.90 Å². The van der Waals surface area contributed by atoms with Crippen molar-refractivity contribution in [3.05, 3.63) is 29.8 Å². The fourth-order valence-electron chi connectivity index (χ4n) is 1.46. The third-order valence-corrected chi connectivity index (χ3v) is 3.90. The van der Waals surface area contributed by atoms with Crippen molar-refractivity contribution in [1.82, 2.24) is 10.0 Å². The highest BCUT2D eigenvalue weighted by atomic mass is 32.2. The Balaban J connectivity index is 2.66. The number of likely N-dealkylation sites (N-methyl/N-ethyl adjacent to an activating group) is 1. The van der Waals surface area contributed by atoms with Crippen molar-refractivity contribution in [2.45, 2.75) is 31.7 Å². The molecule has 0 spiro atoms. The summed E-state index contributed by atoms with van der Waals surface area (Å²) in [4.78, 5) is 0.312. The summed E-state index contributed by atoms with van der Waals surface area (Å²) in [5.41, 5.74) is 1.05. The van der Waals surface area contributed by atoms with Gasteiger partial charge in [-0.05, 0) is 32.5 Å². The molecule has 1 aromatic carbocycles. The van der Waals surface area contributed by atoms with Crippen LogP contribution in [0.15, 0.2) is 29.2 Å². The number of benzene rings is 1. The summed E-state index contributed by atoms with van der Waals surface area (Å²) < 4.78 is 26.4. The van der Waals surface area contributed by atoms with Gasteiger partial charge in [-0.25, -0.2) is 13.1 Å². The van der Waals surface area contributed by atoms with Crippen LogP contribution in [0.4, 0.5) is 0 Å². The molecule has 0 bridgehead atoms. The number of hydrogen-bond donors (Lipinski definition) is 2. The van der Waals surface area contributed by atoms with Gasteiger partial charge in [0, 0.05) is 12.6 Å². The van der Waals surface area contributed by atoms with Gasteiger partial charge >= 0.3 is 0 Å². The molecular formula is C12H20N2O2S. The Morgan fingerprint density at radius 3 is 2.35 bits per heavy atom. The molecule has 0 aliphatic rings. The highest BCUT2D eigenvalue weighted by molar-refractivity contribution is 7.89. The van der Waals surface area contributed by atoms with E-state index in [4.69, 9.17) is 0 Å². The normalized spacial score (nSPS) is 13.6. The molecule has 0 unspecified atom stereocenters. The van der Waals surface area contributed by atoms with E-state index in [1.165, 1.54) is 0 Å². The second-order valence-electron chi connectivity index (χ2n) is 4.12. The van der Waals surface area contributed by atoms with E-state index in [-0.39, 0.29) is 6.04 Å². The Bertz CT molecular complexity index is 440. The summed E-state index contributed by atoms with van der Waals surface area (Å²) in [5, 5.41) is 3.15. The van der Waals surface area contributed by atoms with Crippen LogP contribution >= 0.6 is 0 Å². The average Bonchev–Trinajstić information content (AvgIpc) is 2.28. The van der Waals surface area contributed by atoms with Crippen molar-refractivity contribution >= 4 is 10.0 Å². The maximum absolute atomic E-state index is 11.9. The molecule has 0 aromatic heterocycles. The molecule has 2 N–H and O–H groups in total. The lowest BCUT2D eigenvalue weighted by Gasteiger charge is -2.13. The highest BCUT2D eigenvalue weighted by Gasteiger charge is 2.14.